The highest BCUT2D eigenvalue weighted by Crippen LogP contribution is 2.16. The Morgan fingerprint density at radius 1 is 1.26 bits per heavy atom. The van der Waals surface area contributed by atoms with Gasteiger partial charge in [0.1, 0.15) is 0 Å². The highest BCUT2D eigenvalue weighted by molar-refractivity contribution is 7.99. The zero-order valence-electron chi connectivity index (χ0n) is 13.2. The first-order chi connectivity index (χ1) is 10.9. The van der Waals surface area contributed by atoms with Crippen LogP contribution in [0.1, 0.15) is 12.8 Å². The average molecular weight is 358 g/mol. The van der Waals surface area contributed by atoms with Crippen LogP contribution < -0.4 is 10.0 Å². The predicted molar refractivity (Wildman–Crippen MR) is 93.1 cm³/mol. The van der Waals surface area contributed by atoms with Gasteiger partial charge in [-0.1, -0.05) is 18.2 Å². The first-order valence-corrected chi connectivity index (χ1v) is 10.5. The molecule has 0 saturated carbocycles. The van der Waals surface area contributed by atoms with Gasteiger partial charge < -0.3 is 10.2 Å². The lowest BCUT2D eigenvalue weighted by molar-refractivity contribution is 0.180. The van der Waals surface area contributed by atoms with Crippen LogP contribution in [-0.4, -0.2) is 57.0 Å². The van der Waals surface area contributed by atoms with E-state index in [1.165, 1.54) is 4.90 Å². The molecule has 0 spiro atoms. The number of likely N-dealkylation sites (tertiary alicyclic amines) is 1. The third-order valence-corrected chi connectivity index (χ3v) is 5.33. The van der Waals surface area contributed by atoms with Crippen molar-refractivity contribution in [2.24, 2.45) is 0 Å². The van der Waals surface area contributed by atoms with Crippen molar-refractivity contribution in [1.82, 2.24) is 14.9 Å². The molecule has 2 amide bonds. The largest absolute Gasteiger partial charge is 0.337 e. The number of sulfonamides is 1. The Kier molecular flexibility index (Phi) is 6.73. The van der Waals surface area contributed by atoms with Crippen molar-refractivity contribution in [2.45, 2.75) is 23.8 Å². The number of thioether (sulfide) groups is 1. The Balaban J connectivity index is 1.63. The average Bonchev–Trinajstić information content (AvgIpc) is 2.51. The van der Waals surface area contributed by atoms with Crippen LogP contribution in [0.25, 0.3) is 0 Å². The van der Waals surface area contributed by atoms with Crippen LogP contribution in [0.2, 0.25) is 0 Å². The summed E-state index contributed by atoms with van der Waals surface area (Å²) in [6.07, 6.45) is 2.47. The number of benzene rings is 1. The molecule has 1 aliphatic rings. The zero-order valence-corrected chi connectivity index (χ0v) is 14.8. The van der Waals surface area contributed by atoms with Gasteiger partial charge in [0.25, 0.3) is 0 Å². The van der Waals surface area contributed by atoms with Gasteiger partial charge in [-0.25, -0.2) is 17.9 Å². The molecule has 8 heteroatoms. The maximum Gasteiger partial charge on any atom is 0.317 e. The van der Waals surface area contributed by atoms with Crippen molar-refractivity contribution in [3.05, 3.63) is 30.3 Å². The summed E-state index contributed by atoms with van der Waals surface area (Å²) in [6, 6.07) is 9.93. The van der Waals surface area contributed by atoms with E-state index in [9.17, 15) is 13.2 Å². The van der Waals surface area contributed by atoms with Crippen molar-refractivity contribution in [3.8, 4) is 0 Å². The molecule has 0 aliphatic carbocycles. The van der Waals surface area contributed by atoms with E-state index in [1.807, 2.05) is 30.3 Å². The van der Waals surface area contributed by atoms with E-state index < -0.39 is 10.0 Å². The lowest BCUT2D eigenvalue weighted by Gasteiger charge is -2.32. The molecule has 0 aromatic heterocycles. The number of amides is 2. The molecule has 0 atom stereocenters. The highest BCUT2D eigenvalue weighted by atomic mass is 32.2. The van der Waals surface area contributed by atoms with Gasteiger partial charge in [0.05, 0.1) is 6.26 Å². The number of urea groups is 1. The summed E-state index contributed by atoms with van der Waals surface area (Å²) in [5.74, 6) is 0.821. The molecule has 23 heavy (non-hydrogen) atoms. The molecule has 1 aromatic rings. The Labute approximate surface area is 142 Å². The summed E-state index contributed by atoms with van der Waals surface area (Å²) in [7, 11) is -3.18. The highest BCUT2D eigenvalue weighted by Gasteiger charge is 2.24. The molecular weight excluding hydrogens is 334 g/mol. The molecular formula is C15H23N3O3S2. The number of carbonyl (C=O) groups excluding carboxylic acids is 1. The normalized spacial score (nSPS) is 16.3. The minimum atomic E-state index is -3.18. The van der Waals surface area contributed by atoms with E-state index in [0.29, 0.717) is 32.5 Å². The second kappa shape index (κ2) is 8.56. The van der Waals surface area contributed by atoms with Crippen LogP contribution in [0.3, 0.4) is 0 Å². The van der Waals surface area contributed by atoms with Crippen molar-refractivity contribution in [3.63, 3.8) is 0 Å². The summed E-state index contributed by atoms with van der Waals surface area (Å²) < 4.78 is 25.0. The zero-order chi connectivity index (χ0) is 16.7. The van der Waals surface area contributed by atoms with Crippen LogP contribution >= 0.6 is 11.8 Å². The predicted octanol–water partition coefficient (Wildman–Crippen LogP) is 1.50. The van der Waals surface area contributed by atoms with Crippen LogP contribution in [0.4, 0.5) is 4.79 Å². The number of hydrogen-bond donors (Lipinski definition) is 2. The second-order valence-electron chi connectivity index (χ2n) is 5.54. The fourth-order valence-electron chi connectivity index (χ4n) is 2.46. The van der Waals surface area contributed by atoms with Crippen molar-refractivity contribution >= 4 is 27.8 Å². The van der Waals surface area contributed by atoms with Gasteiger partial charge in [0, 0.05) is 36.3 Å². The van der Waals surface area contributed by atoms with Gasteiger partial charge >= 0.3 is 6.03 Å². The van der Waals surface area contributed by atoms with Gasteiger partial charge in [0.2, 0.25) is 10.0 Å². The minimum absolute atomic E-state index is 0.0670. The Morgan fingerprint density at radius 2 is 1.91 bits per heavy atom. The molecule has 0 radical (unpaired) electrons. The third kappa shape index (κ3) is 6.80. The van der Waals surface area contributed by atoms with Gasteiger partial charge in [-0.2, -0.15) is 0 Å². The first kappa shape index (κ1) is 18.1. The summed E-state index contributed by atoms with van der Waals surface area (Å²) in [5.41, 5.74) is 0. The molecule has 6 nitrogen and oxygen atoms in total. The molecule has 2 N–H and O–H groups in total. The molecule has 0 unspecified atom stereocenters. The van der Waals surface area contributed by atoms with Gasteiger partial charge in [-0.3, -0.25) is 0 Å². The Hall–Kier alpha value is -1.25. The van der Waals surface area contributed by atoms with Gasteiger partial charge in [-0.05, 0) is 25.0 Å². The van der Waals surface area contributed by atoms with Crippen LogP contribution in [-0.2, 0) is 10.0 Å². The van der Waals surface area contributed by atoms with Gasteiger partial charge in [-0.15, -0.1) is 11.8 Å². The number of carbonyl (C=O) groups is 1. The SMILES string of the molecule is CS(=O)(=O)NC1CCN(C(=O)NCCSc2ccccc2)CC1. The molecule has 1 aromatic carbocycles. The Morgan fingerprint density at radius 3 is 2.52 bits per heavy atom. The summed E-state index contributed by atoms with van der Waals surface area (Å²) in [4.78, 5) is 15.0. The van der Waals surface area contributed by atoms with Crippen molar-refractivity contribution in [1.29, 1.82) is 0 Å². The maximum atomic E-state index is 12.1. The molecule has 1 heterocycles. The molecule has 0 bridgehead atoms. The third-order valence-electron chi connectivity index (χ3n) is 3.55. The van der Waals surface area contributed by atoms with E-state index in [0.717, 1.165) is 12.0 Å². The monoisotopic (exact) mass is 357 g/mol. The first-order valence-electron chi connectivity index (χ1n) is 7.62. The van der Waals surface area contributed by atoms with Crippen molar-refractivity contribution in [2.75, 3.05) is 31.6 Å². The standard InChI is InChI=1S/C15H23N3O3S2/c1-23(20,21)17-13-7-10-18(11-8-13)15(19)16-9-12-22-14-5-3-2-4-6-14/h2-6,13,17H,7-12H2,1H3,(H,16,19). The number of nitrogens with one attached hydrogen (secondary N) is 2. The second-order valence-corrected chi connectivity index (χ2v) is 8.49. The number of rotatable bonds is 6. The number of piperidine rings is 1. The van der Waals surface area contributed by atoms with E-state index in [-0.39, 0.29) is 12.1 Å². The topological polar surface area (TPSA) is 78.5 Å². The Bertz CT molecular complexity index is 600. The lowest BCUT2D eigenvalue weighted by Crippen LogP contribution is -2.49. The quantitative estimate of drug-likeness (QED) is 0.597. The minimum Gasteiger partial charge on any atom is -0.337 e. The smallest absolute Gasteiger partial charge is 0.317 e. The lowest BCUT2D eigenvalue weighted by atomic mass is 10.1. The van der Waals surface area contributed by atoms with Crippen molar-refractivity contribution < 1.29 is 13.2 Å². The number of hydrogen-bond acceptors (Lipinski definition) is 4. The summed E-state index contributed by atoms with van der Waals surface area (Å²) >= 11 is 1.71. The van der Waals surface area contributed by atoms with Crippen LogP contribution in [0, 0.1) is 0 Å². The van der Waals surface area contributed by atoms with E-state index in [1.54, 1.807) is 16.7 Å². The number of nitrogens with zero attached hydrogens (tertiary/aromatic N) is 1. The fraction of sp³-hybridized carbons (Fsp3) is 0.533. The van der Waals surface area contributed by atoms with E-state index in [4.69, 9.17) is 0 Å². The fourth-order valence-corrected chi connectivity index (χ4v) is 4.09. The summed E-state index contributed by atoms with van der Waals surface area (Å²) in [6.45, 7) is 1.76. The molecule has 128 valence electrons. The van der Waals surface area contributed by atoms with Gasteiger partial charge in [0.15, 0.2) is 0 Å². The van der Waals surface area contributed by atoms with E-state index >= 15 is 0 Å². The molecule has 1 aliphatic heterocycles. The maximum absolute atomic E-state index is 12.1. The molecule has 1 saturated heterocycles. The summed E-state index contributed by atoms with van der Waals surface area (Å²) in [5, 5.41) is 2.91. The molecule has 2 rings (SSSR count). The van der Waals surface area contributed by atoms with E-state index in [2.05, 4.69) is 10.0 Å². The van der Waals surface area contributed by atoms with Crippen LogP contribution in [0.5, 0.6) is 0 Å². The molecule has 1 fully saturated rings. The van der Waals surface area contributed by atoms with Crippen LogP contribution in [0.15, 0.2) is 35.2 Å².